The average molecular weight is 198 g/mol. The van der Waals surface area contributed by atoms with Crippen LogP contribution in [0.15, 0.2) is 0 Å². The first-order valence-electron chi connectivity index (χ1n) is 5.36. The van der Waals surface area contributed by atoms with Gasteiger partial charge in [0.15, 0.2) is 6.29 Å². The molecule has 2 heterocycles. The minimum absolute atomic E-state index is 0.0761. The number of carbonyl (C=O) groups excluding carboxylic acids is 1. The van der Waals surface area contributed by atoms with Crippen molar-refractivity contribution in [2.75, 3.05) is 6.61 Å². The van der Waals surface area contributed by atoms with Crippen LogP contribution >= 0.6 is 0 Å². The fraction of sp³-hybridized carbons (Fsp3) is 0.909. The van der Waals surface area contributed by atoms with E-state index in [2.05, 4.69) is 6.92 Å². The standard InChI is InChI=1S/C11H18O3/c1-9-7-11(5-6-13-9)4-3-10(2,8-12)14-11/h8-9H,3-7H2,1-2H3. The summed E-state index contributed by atoms with van der Waals surface area (Å²) >= 11 is 0. The minimum atomic E-state index is -0.545. The summed E-state index contributed by atoms with van der Waals surface area (Å²) in [4.78, 5) is 10.9. The summed E-state index contributed by atoms with van der Waals surface area (Å²) in [7, 11) is 0. The zero-order valence-corrected chi connectivity index (χ0v) is 8.91. The van der Waals surface area contributed by atoms with Crippen LogP contribution in [-0.4, -0.2) is 30.2 Å². The van der Waals surface area contributed by atoms with Crippen molar-refractivity contribution < 1.29 is 14.3 Å². The SMILES string of the molecule is CC1CC2(CCO1)CCC(C)(C=O)O2. The molecule has 0 aromatic heterocycles. The largest absolute Gasteiger partial charge is 0.378 e. The van der Waals surface area contributed by atoms with Crippen molar-refractivity contribution in [1.82, 2.24) is 0 Å². The van der Waals surface area contributed by atoms with Crippen molar-refractivity contribution in [2.24, 2.45) is 0 Å². The summed E-state index contributed by atoms with van der Waals surface area (Å²) in [6.07, 6.45) is 4.91. The van der Waals surface area contributed by atoms with E-state index in [4.69, 9.17) is 9.47 Å². The Labute approximate surface area is 84.8 Å². The molecule has 3 atom stereocenters. The molecule has 2 rings (SSSR count). The lowest BCUT2D eigenvalue weighted by Gasteiger charge is -2.37. The van der Waals surface area contributed by atoms with Gasteiger partial charge in [-0.3, -0.25) is 0 Å². The topological polar surface area (TPSA) is 35.5 Å². The van der Waals surface area contributed by atoms with Crippen molar-refractivity contribution in [3.8, 4) is 0 Å². The van der Waals surface area contributed by atoms with Gasteiger partial charge in [0.1, 0.15) is 5.60 Å². The molecular weight excluding hydrogens is 180 g/mol. The molecule has 3 nitrogen and oxygen atoms in total. The van der Waals surface area contributed by atoms with E-state index in [0.717, 1.165) is 38.6 Å². The van der Waals surface area contributed by atoms with E-state index in [0.29, 0.717) is 0 Å². The molecule has 0 aromatic rings. The highest BCUT2D eigenvalue weighted by Gasteiger charge is 2.48. The van der Waals surface area contributed by atoms with E-state index in [1.165, 1.54) is 0 Å². The molecule has 2 aliphatic heterocycles. The van der Waals surface area contributed by atoms with Crippen molar-refractivity contribution >= 4 is 6.29 Å². The van der Waals surface area contributed by atoms with E-state index < -0.39 is 5.60 Å². The molecule has 1 spiro atoms. The molecule has 3 heteroatoms. The summed E-state index contributed by atoms with van der Waals surface area (Å²) in [5, 5.41) is 0. The van der Waals surface area contributed by atoms with Gasteiger partial charge in [-0.2, -0.15) is 0 Å². The second-order valence-electron chi connectivity index (χ2n) is 4.85. The van der Waals surface area contributed by atoms with Gasteiger partial charge in [0.25, 0.3) is 0 Å². The summed E-state index contributed by atoms with van der Waals surface area (Å²) in [5.74, 6) is 0. The second kappa shape index (κ2) is 3.31. The van der Waals surface area contributed by atoms with Crippen LogP contribution < -0.4 is 0 Å². The van der Waals surface area contributed by atoms with Crippen LogP contribution in [0, 0.1) is 0 Å². The van der Waals surface area contributed by atoms with Gasteiger partial charge >= 0.3 is 0 Å². The Morgan fingerprint density at radius 2 is 2.14 bits per heavy atom. The van der Waals surface area contributed by atoms with Crippen molar-refractivity contribution in [1.29, 1.82) is 0 Å². The number of aldehydes is 1. The summed E-state index contributed by atoms with van der Waals surface area (Å²) in [6.45, 7) is 4.71. The number of carbonyl (C=O) groups is 1. The highest BCUT2D eigenvalue weighted by molar-refractivity contribution is 5.62. The van der Waals surface area contributed by atoms with Crippen LogP contribution in [0.1, 0.15) is 39.5 Å². The van der Waals surface area contributed by atoms with Crippen molar-refractivity contribution in [3.05, 3.63) is 0 Å². The molecule has 0 aliphatic carbocycles. The molecule has 0 N–H and O–H groups in total. The normalized spacial score (nSPS) is 48.3. The van der Waals surface area contributed by atoms with Crippen LogP contribution in [0.3, 0.4) is 0 Å². The Kier molecular flexibility index (Phi) is 2.40. The van der Waals surface area contributed by atoms with Gasteiger partial charge in [0.2, 0.25) is 0 Å². The molecule has 3 unspecified atom stereocenters. The van der Waals surface area contributed by atoms with Gasteiger partial charge in [0, 0.05) is 13.0 Å². The molecule has 0 radical (unpaired) electrons. The van der Waals surface area contributed by atoms with Gasteiger partial charge in [0.05, 0.1) is 11.7 Å². The maximum atomic E-state index is 10.9. The number of hydrogen-bond acceptors (Lipinski definition) is 3. The van der Waals surface area contributed by atoms with Crippen molar-refractivity contribution in [3.63, 3.8) is 0 Å². The highest BCUT2D eigenvalue weighted by Crippen LogP contribution is 2.43. The minimum Gasteiger partial charge on any atom is -0.378 e. The monoisotopic (exact) mass is 198 g/mol. The molecule has 14 heavy (non-hydrogen) atoms. The molecule has 2 aliphatic rings. The third kappa shape index (κ3) is 1.71. The van der Waals surface area contributed by atoms with Crippen LogP contribution in [0.4, 0.5) is 0 Å². The highest BCUT2D eigenvalue weighted by atomic mass is 16.5. The smallest absolute Gasteiger partial charge is 0.151 e. The van der Waals surface area contributed by atoms with E-state index in [1.807, 2.05) is 6.92 Å². The van der Waals surface area contributed by atoms with E-state index >= 15 is 0 Å². The molecular formula is C11H18O3. The Balaban J connectivity index is 2.08. The van der Waals surface area contributed by atoms with Crippen LogP contribution in [0.25, 0.3) is 0 Å². The Morgan fingerprint density at radius 3 is 2.71 bits per heavy atom. The zero-order valence-electron chi connectivity index (χ0n) is 8.91. The molecule has 80 valence electrons. The van der Waals surface area contributed by atoms with Gasteiger partial charge in [-0.15, -0.1) is 0 Å². The average Bonchev–Trinajstić information content (AvgIpc) is 2.45. The van der Waals surface area contributed by atoms with Gasteiger partial charge in [-0.1, -0.05) is 0 Å². The predicted octanol–water partition coefficient (Wildman–Crippen LogP) is 1.69. The molecule has 0 saturated carbocycles. The maximum Gasteiger partial charge on any atom is 0.151 e. The lowest BCUT2D eigenvalue weighted by Crippen LogP contribution is -2.42. The fourth-order valence-electron chi connectivity index (χ4n) is 2.61. The van der Waals surface area contributed by atoms with Gasteiger partial charge in [-0.05, 0) is 33.1 Å². The molecule has 2 fully saturated rings. The molecule has 0 bridgehead atoms. The first-order chi connectivity index (χ1) is 6.58. The summed E-state index contributed by atoms with van der Waals surface area (Å²) in [5.41, 5.74) is -0.621. The second-order valence-corrected chi connectivity index (χ2v) is 4.85. The lowest BCUT2D eigenvalue weighted by molar-refractivity contribution is -0.161. The molecule has 0 amide bonds. The number of ether oxygens (including phenoxy) is 2. The molecule has 2 saturated heterocycles. The van der Waals surface area contributed by atoms with E-state index in [9.17, 15) is 4.79 Å². The quantitative estimate of drug-likeness (QED) is 0.601. The van der Waals surface area contributed by atoms with E-state index in [-0.39, 0.29) is 11.7 Å². The predicted molar refractivity (Wildman–Crippen MR) is 52.2 cm³/mol. The number of hydrogen-bond donors (Lipinski definition) is 0. The fourth-order valence-corrected chi connectivity index (χ4v) is 2.61. The van der Waals surface area contributed by atoms with Crippen molar-refractivity contribution in [2.45, 2.75) is 56.8 Å². The number of rotatable bonds is 1. The lowest BCUT2D eigenvalue weighted by atomic mass is 9.87. The Hall–Kier alpha value is -0.410. The van der Waals surface area contributed by atoms with E-state index in [1.54, 1.807) is 0 Å². The van der Waals surface area contributed by atoms with Gasteiger partial charge < -0.3 is 14.3 Å². The van der Waals surface area contributed by atoms with Crippen LogP contribution in [-0.2, 0) is 14.3 Å². The Bertz CT molecular complexity index is 241. The first kappa shape index (κ1) is 10.1. The van der Waals surface area contributed by atoms with Gasteiger partial charge in [-0.25, -0.2) is 0 Å². The Morgan fingerprint density at radius 1 is 1.36 bits per heavy atom. The zero-order chi connectivity index (χ0) is 10.2. The summed E-state index contributed by atoms with van der Waals surface area (Å²) in [6, 6.07) is 0. The first-order valence-corrected chi connectivity index (χ1v) is 5.36. The third-order valence-electron chi connectivity index (χ3n) is 3.40. The van der Waals surface area contributed by atoms with Crippen LogP contribution in [0.5, 0.6) is 0 Å². The van der Waals surface area contributed by atoms with Crippen LogP contribution in [0.2, 0.25) is 0 Å². The maximum absolute atomic E-state index is 10.9. The summed E-state index contributed by atoms with van der Waals surface area (Å²) < 4.78 is 11.4. The molecule has 0 aromatic carbocycles. The third-order valence-corrected chi connectivity index (χ3v) is 3.40.